The minimum absolute atomic E-state index is 0.277. The molecule has 0 spiro atoms. The van der Waals surface area contributed by atoms with Crippen molar-refractivity contribution < 1.29 is 0 Å². The highest BCUT2D eigenvalue weighted by atomic mass is 15.1. The molecule has 7 heterocycles. The fourth-order valence-corrected chi connectivity index (χ4v) is 19.0. The van der Waals surface area contributed by atoms with Gasteiger partial charge in [-0.1, -0.05) is 328 Å². The molecule has 20 heteroatoms. The molecule has 146 heavy (non-hydrogen) atoms. The van der Waals surface area contributed by atoms with Crippen molar-refractivity contribution in [2.75, 3.05) is 0 Å². The highest BCUT2D eigenvalue weighted by Gasteiger charge is 2.29. The maximum absolute atomic E-state index is 11.2. The van der Waals surface area contributed by atoms with Gasteiger partial charge in [0.05, 0.1) is 68.3 Å². The van der Waals surface area contributed by atoms with Gasteiger partial charge in [-0.2, -0.15) is 15.8 Å². The minimum atomic E-state index is 0.277. The van der Waals surface area contributed by atoms with Crippen LogP contribution in [0, 0.1) is 34.0 Å². The Morgan fingerprint density at radius 1 is 0.144 bits per heavy atom. The molecule has 0 N–H and O–H groups in total. The molecule has 18 aromatic carbocycles. The molecular formula is C126H74N20. The van der Waals surface area contributed by atoms with Crippen LogP contribution in [0.2, 0.25) is 0 Å². The van der Waals surface area contributed by atoms with E-state index in [0.717, 1.165) is 110 Å². The number of aromatic nitrogens is 17. The summed E-state index contributed by atoms with van der Waals surface area (Å²) in [4.78, 5) is 80.4. The zero-order valence-corrected chi connectivity index (χ0v) is 77.7. The Morgan fingerprint density at radius 2 is 0.356 bits per heavy atom. The predicted molar refractivity (Wildman–Crippen MR) is 574 cm³/mol. The lowest BCUT2D eigenvalue weighted by Crippen LogP contribution is -2.06. The summed E-state index contributed by atoms with van der Waals surface area (Å²) >= 11 is 0. The van der Waals surface area contributed by atoms with Gasteiger partial charge in [-0.25, -0.2) is 74.8 Å². The third-order valence-electron chi connectivity index (χ3n) is 26.1. The Balaban J connectivity index is 0.758. The number of benzene rings is 18. The van der Waals surface area contributed by atoms with E-state index in [-0.39, 0.29) is 11.6 Å². The molecule has 7 aromatic heterocycles. The minimum Gasteiger partial charge on any atom is -0.308 e. The van der Waals surface area contributed by atoms with Crippen LogP contribution in [0.3, 0.4) is 0 Å². The molecule has 20 nitrogen and oxygen atoms in total. The summed E-state index contributed by atoms with van der Waals surface area (Å²) in [6.07, 6.45) is 0. The fraction of sp³-hybridized carbons (Fsp3) is 0. The van der Waals surface area contributed by atoms with E-state index in [1.165, 1.54) is 0 Å². The van der Waals surface area contributed by atoms with Crippen LogP contribution in [0.25, 0.3) is 259 Å². The average molecular weight is 1870 g/mol. The highest BCUT2D eigenvalue weighted by Crippen LogP contribution is 2.47. The molecule has 0 radical (unpaired) electrons. The maximum Gasteiger partial charge on any atom is 0.166 e. The van der Waals surface area contributed by atoms with Crippen molar-refractivity contribution in [2.24, 2.45) is 0 Å². The number of nitrogens with zero attached hydrogens (tertiary/aromatic N) is 20. The molecule has 0 fully saturated rings. The van der Waals surface area contributed by atoms with Gasteiger partial charge in [0.1, 0.15) is 0 Å². The van der Waals surface area contributed by atoms with Gasteiger partial charge in [0.2, 0.25) is 0 Å². The van der Waals surface area contributed by atoms with E-state index in [2.05, 4.69) is 112 Å². The summed E-state index contributed by atoms with van der Waals surface area (Å²) in [5.41, 5.74) is 21.5. The molecule has 0 saturated heterocycles. The average Bonchev–Trinajstić information content (AvgIpc) is 1.59. The normalized spacial score (nSPS) is 11.3. The smallest absolute Gasteiger partial charge is 0.166 e. The van der Waals surface area contributed by atoms with Crippen molar-refractivity contribution in [2.45, 2.75) is 0 Å². The first kappa shape index (κ1) is 86.6. The quantitative estimate of drug-likeness (QED) is 0.0685. The van der Waals surface area contributed by atoms with Crippen LogP contribution in [0.4, 0.5) is 0 Å². The monoisotopic (exact) mass is 1870 g/mol. The number of hydrogen-bond donors (Lipinski definition) is 0. The molecule has 0 aliphatic carbocycles. The largest absolute Gasteiger partial charge is 0.308 e. The maximum atomic E-state index is 11.2. The standard InChI is InChI=1S/C126H74N20/c127-75-78-30-29-49-89(68-78)79-52-54-88(55-53-79)120-142-125(100-62-56-90(98-50-27-25-47-96(98)76-128)73-110(100)145-106-64-58-92(121-134-112(80-31-9-1-10-32-80)130-113(135-121)81-33-11-2-12-34-81)69-102(106)103-70-93(59-65-107(103)145)122-136-114(82-35-13-3-14-36-82)131-115(137-122)83-37-15-4-16-38-83)144-126(143-120)101-63-57-91(99-51-28-26-48-97(99)77-129)74-111(101)146-108-66-60-94(123-138-116(84-39-17-5-18-40-84)132-117(139-123)85-41-19-6-20-42-85)71-104(108)105-72-95(61-67-109(105)146)124-140-118(86-43-21-7-22-44-86)133-119(141-124)87-45-23-8-24-46-87/h1-74H. The van der Waals surface area contributed by atoms with Gasteiger partial charge in [0.15, 0.2) is 87.4 Å². The first-order chi connectivity index (χ1) is 72.2. The lowest BCUT2D eigenvalue weighted by Gasteiger charge is -2.19. The zero-order chi connectivity index (χ0) is 97.5. The van der Waals surface area contributed by atoms with Gasteiger partial charge < -0.3 is 9.13 Å². The number of nitriles is 3. The molecule has 0 bridgehead atoms. The molecule has 0 aliphatic heterocycles. The molecule has 0 unspecified atom stereocenters. The van der Waals surface area contributed by atoms with E-state index in [9.17, 15) is 15.8 Å². The third-order valence-corrected chi connectivity index (χ3v) is 26.1. The summed E-state index contributed by atoms with van der Waals surface area (Å²) in [6, 6.07) is 155. The molecule has 25 rings (SSSR count). The fourth-order valence-electron chi connectivity index (χ4n) is 19.0. The van der Waals surface area contributed by atoms with Gasteiger partial charge in [0, 0.05) is 105 Å². The Hall–Kier alpha value is -20.9. The van der Waals surface area contributed by atoms with Crippen molar-refractivity contribution in [3.05, 3.63) is 466 Å². The summed E-state index contributed by atoms with van der Waals surface area (Å²) in [5, 5.41) is 35.8. The van der Waals surface area contributed by atoms with Crippen molar-refractivity contribution in [1.29, 1.82) is 15.8 Å². The second-order valence-electron chi connectivity index (χ2n) is 35.1. The van der Waals surface area contributed by atoms with Crippen molar-refractivity contribution in [3.8, 4) is 234 Å². The summed E-state index contributed by atoms with van der Waals surface area (Å²) in [5.74, 6) is 6.66. The Labute approximate surface area is 837 Å². The lowest BCUT2D eigenvalue weighted by atomic mass is 9.97. The molecular weight excluding hydrogens is 1790 g/mol. The van der Waals surface area contributed by atoms with E-state index in [1.807, 2.05) is 358 Å². The number of hydrogen-bond acceptors (Lipinski definition) is 18. The third kappa shape index (κ3) is 16.5. The molecule has 0 amide bonds. The second-order valence-corrected chi connectivity index (χ2v) is 35.1. The van der Waals surface area contributed by atoms with Crippen LogP contribution in [0.1, 0.15) is 16.7 Å². The summed E-state index contributed by atoms with van der Waals surface area (Å²) < 4.78 is 4.49. The Morgan fingerprint density at radius 3 is 0.623 bits per heavy atom. The van der Waals surface area contributed by atoms with E-state index in [0.29, 0.717) is 154 Å². The molecule has 0 atom stereocenters. The molecule has 678 valence electrons. The molecule has 25 aromatic rings. The van der Waals surface area contributed by atoms with E-state index in [4.69, 9.17) is 74.8 Å². The van der Waals surface area contributed by atoms with E-state index in [1.54, 1.807) is 6.07 Å². The van der Waals surface area contributed by atoms with Gasteiger partial charge in [-0.05, 0) is 155 Å². The highest BCUT2D eigenvalue weighted by molar-refractivity contribution is 6.14. The van der Waals surface area contributed by atoms with Crippen molar-refractivity contribution >= 4 is 43.6 Å². The first-order valence-corrected chi connectivity index (χ1v) is 47.5. The SMILES string of the molecule is N#Cc1cccc(-c2ccc(-c3nc(-c4ccc(-c5ccccc5C#N)cc4-n4c5ccc(-c6nc(-c7ccccc7)nc(-c7ccccc7)n6)cc5c5cc(-c6nc(-c7ccccc7)nc(-c7ccccc7)n6)ccc54)nc(-c4ccc(-c5ccccc5C#N)cc4-n4c5ccc(-c6nc(-c7ccccc7)nc(-c7ccccc7)n6)cc5c5cc(-c6nc(-c7ccccc7)nc(-c7ccccc7)n6)ccc54)n3)cc2)c1. The van der Waals surface area contributed by atoms with Crippen LogP contribution in [0.5, 0.6) is 0 Å². The van der Waals surface area contributed by atoms with Gasteiger partial charge in [0.25, 0.3) is 0 Å². The molecule has 0 aliphatic rings. The Kier molecular flexibility index (Phi) is 22.2. The number of fused-ring (bicyclic) bond motifs is 6. The lowest BCUT2D eigenvalue weighted by molar-refractivity contribution is 1.06. The topological polar surface area (TPSA) is 275 Å². The zero-order valence-electron chi connectivity index (χ0n) is 77.7. The van der Waals surface area contributed by atoms with Gasteiger partial charge >= 0.3 is 0 Å². The first-order valence-electron chi connectivity index (χ1n) is 47.5. The molecule has 0 saturated carbocycles. The predicted octanol–water partition coefficient (Wildman–Crippen LogP) is 28.4. The van der Waals surface area contributed by atoms with E-state index >= 15 is 0 Å². The van der Waals surface area contributed by atoms with Gasteiger partial charge in [-0.3, -0.25) is 0 Å². The Bertz CT molecular complexity index is 8470. The summed E-state index contributed by atoms with van der Waals surface area (Å²) in [6.45, 7) is 0. The van der Waals surface area contributed by atoms with Gasteiger partial charge in [-0.15, -0.1) is 0 Å². The summed E-state index contributed by atoms with van der Waals surface area (Å²) in [7, 11) is 0. The van der Waals surface area contributed by atoms with Crippen molar-refractivity contribution in [3.63, 3.8) is 0 Å². The van der Waals surface area contributed by atoms with Crippen molar-refractivity contribution in [1.82, 2.24) is 83.9 Å². The van der Waals surface area contributed by atoms with Crippen LogP contribution >= 0.6 is 0 Å². The second kappa shape index (κ2) is 37.4. The number of rotatable bonds is 20. The van der Waals surface area contributed by atoms with Crippen LogP contribution in [-0.2, 0) is 0 Å². The van der Waals surface area contributed by atoms with E-state index < -0.39 is 0 Å². The van der Waals surface area contributed by atoms with Crippen LogP contribution < -0.4 is 0 Å². The van der Waals surface area contributed by atoms with Crippen LogP contribution in [0.15, 0.2) is 449 Å². The van der Waals surface area contributed by atoms with Crippen LogP contribution in [-0.4, -0.2) is 83.9 Å².